The molecular weight excluding hydrogens is 324 g/mol. The van der Waals surface area contributed by atoms with Crippen LogP contribution in [0.4, 0.5) is 0 Å². The molecule has 1 N–H and O–H groups in total. The Labute approximate surface area is 147 Å². The molecule has 0 spiro atoms. The third-order valence-corrected chi connectivity index (χ3v) is 5.18. The van der Waals surface area contributed by atoms with Crippen LogP contribution in [-0.2, 0) is 11.8 Å². The summed E-state index contributed by atoms with van der Waals surface area (Å²) in [6.07, 6.45) is 3.86. The second-order valence-electron chi connectivity index (χ2n) is 6.50. The predicted octanol–water partition coefficient (Wildman–Crippen LogP) is 2.60. The maximum atomic E-state index is 13.1. The van der Waals surface area contributed by atoms with Crippen LogP contribution in [0.3, 0.4) is 0 Å². The molecule has 1 aromatic carbocycles. The van der Waals surface area contributed by atoms with Crippen LogP contribution in [0.5, 0.6) is 0 Å². The fraction of sp³-hybridized carbons (Fsp3) is 0.444. The van der Waals surface area contributed by atoms with Crippen LogP contribution in [0.15, 0.2) is 36.7 Å². The zero-order valence-corrected chi connectivity index (χ0v) is 15.0. The lowest BCUT2D eigenvalue weighted by Crippen LogP contribution is -2.37. The zero-order valence-electron chi connectivity index (χ0n) is 14.2. The van der Waals surface area contributed by atoms with E-state index in [0.717, 1.165) is 17.7 Å². The van der Waals surface area contributed by atoms with E-state index in [-0.39, 0.29) is 23.8 Å². The van der Waals surface area contributed by atoms with Crippen molar-refractivity contribution in [3.63, 3.8) is 0 Å². The molecule has 1 aliphatic rings. The lowest BCUT2D eigenvalue weighted by Gasteiger charge is -2.29. The van der Waals surface area contributed by atoms with Crippen molar-refractivity contribution in [2.24, 2.45) is 13.0 Å². The van der Waals surface area contributed by atoms with Crippen molar-refractivity contribution in [1.29, 1.82) is 0 Å². The van der Waals surface area contributed by atoms with E-state index in [2.05, 4.69) is 10.4 Å². The first kappa shape index (κ1) is 17.0. The van der Waals surface area contributed by atoms with E-state index in [1.165, 1.54) is 0 Å². The van der Waals surface area contributed by atoms with E-state index in [1.54, 1.807) is 4.68 Å². The van der Waals surface area contributed by atoms with Crippen LogP contribution in [0.25, 0.3) is 0 Å². The minimum absolute atomic E-state index is 0.0219. The first-order valence-electron chi connectivity index (χ1n) is 8.18. The molecule has 1 unspecified atom stereocenters. The Kier molecular flexibility index (Phi) is 4.92. The van der Waals surface area contributed by atoms with Gasteiger partial charge in [0.25, 0.3) is 0 Å². The average Bonchev–Trinajstić information content (AvgIpc) is 3.21. The highest BCUT2D eigenvalue weighted by Crippen LogP contribution is 2.31. The fourth-order valence-corrected chi connectivity index (χ4v) is 3.56. The predicted molar refractivity (Wildman–Crippen MR) is 94.9 cm³/mol. The quantitative estimate of drug-likeness (QED) is 0.925. The highest BCUT2D eigenvalue weighted by Gasteiger charge is 2.37. The molecule has 1 amide bonds. The number of benzene rings is 1. The molecule has 0 radical (unpaired) electrons. The van der Waals surface area contributed by atoms with Crippen molar-refractivity contribution < 1.29 is 4.79 Å². The molecule has 128 valence electrons. The first-order valence-corrected chi connectivity index (χ1v) is 8.56. The van der Waals surface area contributed by atoms with Gasteiger partial charge in [0, 0.05) is 44.3 Å². The second kappa shape index (κ2) is 6.95. The topological polar surface area (TPSA) is 50.2 Å². The number of aromatic nitrogens is 2. The zero-order chi connectivity index (χ0) is 17.3. The van der Waals surface area contributed by atoms with Crippen molar-refractivity contribution in [1.82, 2.24) is 20.0 Å². The van der Waals surface area contributed by atoms with Crippen molar-refractivity contribution in [2.45, 2.75) is 18.9 Å². The molecule has 3 rings (SSSR count). The number of amides is 1. The Morgan fingerprint density at radius 3 is 2.92 bits per heavy atom. The molecule has 1 saturated heterocycles. The molecule has 1 aliphatic heterocycles. The summed E-state index contributed by atoms with van der Waals surface area (Å²) in [5.74, 6) is 0.252. The smallest absolute Gasteiger partial charge is 0.227 e. The van der Waals surface area contributed by atoms with Gasteiger partial charge in [-0.05, 0) is 30.2 Å². The summed E-state index contributed by atoms with van der Waals surface area (Å²) < 4.78 is 1.79. The van der Waals surface area contributed by atoms with Gasteiger partial charge in [-0.3, -0.25) is 9.48 Å². The van der Waals surface area contributed by atoms with E-state index in [0.29, 0.717) is 11.6 Å². The number of rotatable bonds is 4. The summed E-state index contributed by atoms with van der Waals surface area (Å²) in [5.41, 5.74) is 2.16. The fourth-order valence-electron chi connectivity index (χ4n) is 3.36. The Morgan fingerprint density at radius 2 is 2.25 bits per heavy atom. The van der Waals surface area contributed by atoms with Gasteiger partial charge >= 0.3 is 0 Å². The van der Waals surface area contributed by atoms with Crippen LogP contribution in [0.2, 0.25) is 5.02 Å². The van der Waals surface area contributed by atoms with Gasteiger partial charge in [0.2, 0.25) is 5.91 Å². The summed E-state index contributed by atoms with van der Waals surface area (Å²) in [6, 6.07) is 7.67. The largest absolute Gasteiger partial charge is 0.339 e. The van der Waals surface area contributed by atoms with Gasteiger partial charge in [-0.2, -0.15) is 5.10 Å². The number of aryl methyl sites for hydroxylation is 1. The van der Waals surface area contributed by atoms with E-state index in [1.807, 2.05) is 62.6 Å². The Hall–Kier alpha value is -1.85. The summed E-state index contributed by atoms with van der Waals surface area (Å²) in [4.78, 5) is 14.9. The normalized spacial score (nSPS) is 21.7. The highest BCUT2D eigenvalue weighted by molar-refractivity contribution is 6.30. The van der Waals surface area contributed by atoms with E-state index in [9.17, 15) is 4.79 Å². The van der Waals surface area contributed by atoms with Gasteiger partial charge in [-0.25, -0.2) is 0 Å². The number of carbonyl (C=O) groups is 1. The molecule has 0 saturated carbocycles. The number of hydrogen-bond acceptors (Lipinski definition) is 3. The van der Waals surface area contributed by atoms with E-state index >= 15 is 0 Å². The van der Waals surface area contributed by atoms with Crippen molar-refractivity contribution in [2.75, 3.05) is 20.1 Å². The maximum absolute atomic E-state index is 13.1. The maximum Gasteiger partial charge on any atom is 0.227 e. The van der Waals surface area contributed by atoms with Crippen LogP contribution in [-0.4, -0.2) is 40.7 Å². The second-order valence-corrected chi connectivity index (χ2v) is 6.94. The van der Waals surface area contributed by atoms with Gasteiger partial charge in [-0.15, -0.1) is 0 Å². The number of carbonyl (C=O) groups excluding carboxylic acids is 1. The van der Waals surface area contributed by atoms with Gasteiger partial charge in [-0.1, -0.05) is 23.7 Å². The van der Waals surface area contributed by atoms with Gasteiger partial charge < -0.3 is 10.2 Å². The molecule has 0 bridgehead atoms. The van der Waals surface area contributed by atoms with Gasteiger partial charge in [0.1, 0.15) is 0 Å². The first-order chi connectivity index (χ1) is 11.5. The lowest BCUT2D eigenvalue weighted by molar-refractivity contribution is -0.136. The lowest BCUT2D eigenvalue weighted by atomic mass is 9.89. The number of halogens is 1. The summed E-state index contributed by atoms with van der Waals surface area (Å²) in [6.45, 7) is 3.54. The van der Waals surface area contributed by atoms with Crippen LogP contribution < -0.4 is 5.32 Å². The van der Waals surface area contributed by atoms with Crippen LogP contribution in [0.1, 0.15) is 30.0 Å². The number of nitrogens with zero attached hydrogens (tertiary/aromatic N) is 3. The van der Waals surface area contributed by atoms with Gasteiger partial charge in [0.15, 0.2) is 0 Å². The Balaban J connectivity index is 1.77. The van der Waals surface area contributed by atoms with Crippen LogP contribution >= 0.6 is 11.6 Å². The molecule has 1 fully saturated rings. The molecule has 1 aromatic heterocycles. The summed E-state index contributed by atoms with van der Waals surface area (Å²) in [5, 5.41) is 8.28. The molecule has 5 nitrogen and oxygen atoms in total. The van der Waals surface area contributed by atoms with E-state index < -0.39 is 0 Å². The molecular formula is C18H23ClN4O. The average molecular weight is 347 g/mol. The highest BCUT2D eigenvalue weighted by atomic mass is 35.5. The number of nitrogens with one attached hydrogen (secondary N) is 1. The van der Waals surface area contributed by atoms with Crippen molar-refractivity contribution >= 4 is 17.5 Å². The Morgan fingerprint density at radius 1 is 1.46 bits per heavy atom. The summed E-state index contributed by atoms with van der Waals surface area (Å²) >= 11 is 6.08. The molecule has 2 heterocycles. The molecule has 0 aliphatic carbocycles. The minimum atomic E-state index is -0.0687. The minimum Gasteiger partial charge on any atom is -0.339 e. The van der Waals surface area contributed by atoms with Gasteiger partial charge in [0.05, 0.1) is 18.2 Å². The summed E-state index contributed by atoms with van der Waals surface area (Å²) in [7, 11) is 3.77. The molecule has 3 atom stereocenters. The SMILES string of the molecule is CC(c1cccc(Cl)c1)N(C)C(=O)[C@H]1CNC[C@@H]1c1cnn(C)c1. The molecule has 2 aromatic rings. The number of hydrogen-bond donors (Lipinski definition) is 1. The Bertz CT molecular complexity index is 729. The third kappa shape index (κ3) is 3.32. The third-order valence-electron chi connectivity index (χ3n) is 4.94. The molecule has 24 heavy (non-hydrogen) atoms. The van der Waals surface area contributed by atoms with Crippen molar-refractivity contribution in [3.05, 3.63) is 52.8 Å². The van der Waals surface area contributed by atoms with Crippen LogP contribution in [0, 0.1) is 5.92 Å². The molecule has 6 heteroatoms. The standard InChI is InChI=1S/C18H23ClN4O/c1-12(13-5-4-6-15(19)7-13)23(3)18(24)17-10-20-9-16(17)14-8-21-22(2)11-14/h4-8,11-12,16-17,20H,9-10H2,1-3H3/t12?,16-,17+/m1/s1. The van der Waals surface area contributed by atoms with E-state index in [4.69, 9.17) is 11.6 Å². The monoisotopic (exact) mass is 346 g/mol. The van der Waals surface area contributed by atoms with Crippen molar-refractivity contribution in [3.8, 4) is 0 Å².